The first kappa shape index (κ1) is 14.2. The van der Waals surface area contributed by atoms with Gasteiger partial charge in [-0.15, -0.1) is 0 Å². The lowest BCUT2D eigenvalue weighted by Gasteiger charge is -2.16. The number of nitrogens with zero attached hydrogens (tertiary/aromatic N) is 1. The molecule has 2 N–H and O–H groups in total. The minimum atomic E-state index is -0.355. The van der Waals surface area contributed by atoms with Gasteiger partial charge in [0.25, 0.3) is 0 Å². The number of hydrogen-bond acceptors (Lipinski definition) is 2. The maximum absolute atomic E-state index is 12.1. The van der Waals surface area contributed by atoms with Gasteiger partial charge in [-0.3, -0.25) is 9.59 Å². The van der Waals surface area contributed by atoms with E-state index in [-0.39, 0.29) is 24.2 Å². The molecule has 1 heterocycles. The Morgan fingerprint density at radius 2 is 1.95 bits per heavy atom. The summed E-state index contributed by atoms with van der Waals surface area (Å²) in [7, 11) is 0. The van der Waals surface area contributed by atoms with E-state index in [9.17, 15) is 9.59 Å². The number of amides is 2. The lowest BCUT2D eigenvalue weighted by Crippen LogP contribution is -2.32. The molecule has 0 bridgehead atoms. The van der Waals surface area contributed by atoms with Crippen molar-refractivity contribution < 1.29 is 9.59 Å². The second kappa shape index (κ2) is 5.80. The summed E-state index contributed by atoms with van der Waals surface area (Å²) in [6.45, 7) is 0.935. The van der Waals surface area contributed by atoms with Gasteiger partial charge in [0.1, 0.15) is 0 Å². The zero-order chi connectivity index (χ0) is 14.0. The number of nitrogens with two attached hydrogens (primary N) is 1. The predicted molar refractivity (Wildman–Crippen MR) is 74.0 cm³/mol. The van der Waals surface area contributed by atoms with E-state index in [0.29, 0.717) is 35.1 Å². The Morgan fingerprint density at radius 1 is 1.32 bits per heavy atom. The van der Waals surface area contributed by atoms with Crippen molar-refractivity contribution in [3.8, 4) is 0 Å². The monoisotopic (exact) mass is 300 g/mol. The van der Waals surface area contributed by atoms with Crippen molar-refractivity contribution in [2.75, 3.05) is 13.1 Å². The molecule has 1 aromatic carbocycles. The molecule has 1 saturated heterocycles. The molecule has 2 rings (SSSR count). The predicted octanol–water partition coefficient (Wildman–Crippen LogP) is 1.87. The molecule has 102 valence electrons. The number of halogens is 2. The molecule has 19 heavy (non-hydrogen) atoms. The first-order valence-electron chi connectivity index (χ1n) is 5.99. The molecule has 0 radical (unpaired) electrons. The van der Waals surface area contributed by atoms with Crippen LogP contribution in [0.25, 0.3) is 0 Å². The van der Waals surface area contributed by atoms with E-state index < -0.39 is 0 Å². The molecule has 1 aliphatic heterocycles. The molecule has 1 unspecified atom stereocenters. The normalized spacial score (nSPS) is 18.6. The summed E-state index contributed by atoms with van der Waals surface area (Å²) in [5.74, 6) is -0.685. The molecule has 1 aliphatic rings. The van der Waals surface area contributed by atoms with Crippen molar-refractivity contribution >= 4 is 35.0 Å². The van der Waals surface area contributed by atoms with Gasteiger partial charge in [0.2, 0.25) is 11.8 Å². The zero-order valence-corrected chi connectivity index (χ0v) is 11.7. The van der Waals surface area contributed by atoms with Gasteiger partial charge in [-0.25, -0.2) is 0 Å². The average molecular weight is 301 g/mol. The number of primary amides is 1. The Bertz CT molecular complexity index is 499. The number of carbonyl (C=O) groups is 2. The second-order valence-corrected chi connectivity index (χ2v) is 5.42. The molecule has 0 saturated carbocycles. The highest BCUT2D eigenvalue weighted by Gasteiger charge is 2.29. The standard InChI is InChI=1S/C13H14Cl2N2O2/c14-10-2-1-3-11(15)9(10)6-12(18)17-5-4-8(7-17)13(16)19/h1-3,8H,4-7H2,(H2,16,19). The number of carbonyl (C=O) groups excluding carboxylic acids is 2. The lowest BCUT2D eigenvalue weighted by molar-refractivity contribution is -0.129. The highest BCUT2D eigenvalue weighted by Crippen LogP contribution is 2.26. The molecular formula is C13H14Cl2N2O2. The summed E-state index contributed by atoms with van der Waals surface area (Å²) in [5, 5.41) is 0.956. The van der Waals surface area contributed by atoms with Crippen molar-refractivity contribution in [3.05, 3.63) is 33.8 Å². The Kier molecular flexibility index (Phi) is 4.32. The molecule has 4 nitrogen and oxygen atoms in total. The summed E-state index contributed by atoms with van der Waals surface area (Å²) in [4.78, 5) is 24.9. The Morgan fingerprint density at radius 3 is 2.47 bits per heavy atom. The van der Waals surface area contributed by atoms with Crippen LogP contribution in [-0.2, 0) is 16.0 Å². The van der Waals surface area contributed by atoms with Gasteiger partial charge in [0.15, 0.2) is 0 Å². The Labute approximate surface area is 121 Å². The van der Waals surface area contributed by atoms with E-state index in [4.69, 9.17) is 28.9 Å². The van der Waals surface area contributed by atoms with Crippen LogP contribution in [0, 0.1) is 5.92 Å². The van der Waals surface area contributed by atoms with Crippen LogP contribution in [0.5, 0.6) is 0 Å². The van der Waals surface area contributed by atoms with Gasteiger partial charge in [-0.2, -0.15) is 0 Å². The summed E-state index contributed by atoms with van der Waals surface area (Å²) in [5.41, 5.74) is 5.87. The van der Waals surface area contributed by atoms with Crippen molar-refractivity contribution in [3.63, 3.8) is 0 Å². The minimum Gasteiger partial charge on any atom is -0.369 e. The SMILES string of the molecule is NC(=O)C1CCN(C(=O)Cc2c(Cl)cccc2Cl)C1. The van der Waals surface area contributed by atoms with Gasteiger partial charge in [0.05, 0.1) is 12.3 Å². The quantitative estimate of drug-likeness (QED) is 0.926. The fourth-order valence-electron chi connectivity index (χ4n) is 2.18. The third kappa shape index (κ3) is 3.19. The smallest absolute Gasteiger partial charge is 0.227 e. The number of benzene rings is 1. The number of likely N-dealkylation sites (tertiary alicyclic amines) is 1. The Balaban J connectivity index is 2.04. The molecule has 0 spiro atoms. The fraction of sp³-hybridized carbons (Fsp3) is 0.385. The topological polar surface area (TPSA) is 63.4 Å². The molecule has 2 amide bonds. The van der Waals surface area contributed by atoms with Gasteiger partial charge >= 0.3 is 0 Å². The molecule has 1 fully saturated rings. The average Bonchev–Trinajstić information content (AvgIpc) is 2.83. The first-order chi connectivity index (χ1) is 8.99. The van der Waals surface area contributed by atoms with Crippen LogP contribution < -0.4 is 5.73 Å². The van der Waals surface area contributed by atoms with Gasteiger partial charge in [-0.05, 0) is 24.1 Å². The highest BCUT2D eigenvalue weighted by atomic mass is 35.5. The van der Waals surface area contributed by atoms with Crippen LogP contribution in [0.4, 0.5) is 0 Å². The van der Waals surface area contributed by atoms with Gasteiger partial charge in [0, 0.05) is 23.1 Å². The second-order valence-electron chi connectivity index (χ2n) is 4.60. The summed E-state index contributed by atoms with van der Waals surface area (Å²) < 4.78 is 0. The summed E-state index contributed by atoms with van der Waals surface area (Å²) >= 11 is 12.1. The van der Waals surface area contributed by atoms with Crippen LogP contribution in [-0.4, -0.2) is 29.8 Å². The lowest BCUT2D eigenvalue weighted by atomic mass is 10.1. The van der Waals surface area contributed by atoms with E-state index in [0.717, 1.165) is 0 Å². The van der Waals surface area contributed by atoms with Gasteiger partial charge in [-0.1, -0.05) is 29.3 Å². The third-order valence-electron chi connectivity index (χ3n) is 3.33. The van der Waals surface area contributed by atoms with Crippen molar-refractivity contribution in [2.24, 2.45) is 11.7 Å². The van der Waals surface area contributed by atoms with Crippen molar-refractivity contribution in [1.29, 1.82) is 0 Å². The number of hydrogen-bond donors (Lipinski definition) is 1. The fourth-order valence-corrected chi connectivity index (χ4v) is 2.71. The van der Waals surface area contributed by atoms with Crippen LogP contribution in [0.3, 0.4) is 0 Å². The third-order valence-corrected chi connectivity index (χ3v) is 4.04. The van der Waals surface area contributed by atoms with Crippen LogP contribution in [0.2, 0.25) is 10.0 Å². The summed E-state index contributed by atoms with van der Waals surface area (Å²) in [6.07, 6.45) is 0.765. The Hall–Kier alpha value is -1.26. The number of rotatable bonds is 3. The molecule has 1 atom stereocenters. The van der Waals surface area contributed by atoms with E-state index >= 15 is 0 Å². The highest BCUT2D eigenvalue weighted by molar-refractivity contribution is 6.36. The van der Waals surface area contributed by atoms with E-state index in [1.165, 1.54) is 0 Å². The van der Waals surface area contributed by atoms with Gasteiger partial charge < -0.3 is 10.6 Å². The summed E-state index contributed by atoms with van der Waals surface area (Å²) in [6, 6.07) is 5.14. The first-order valence-corrected chi connectivity index (χ1v) is 6.74. The van der Waals surface area contributed by atoms with E-state index in [2.05, 4.69) is 0 Å². The maximum atomic E-state index is 12.1. The van der Waals surface area contributed by atoms with E-state index in [1.807, 2.05) is 0 Å². The maximum Gasteiger partial charge on any atom is 0.227 e. The molecule has 0 aliphatic carbocycles. The van der Waals surface area contributed by atoms with Crippen LogP contribution in [0.1, 0.15) is 12.0 Å². The van der Waals surface area contributed by atoms with E-state index in [1.54, 1.807) is 23.1 Å². The van der Waals surface area contributed by atoms with Crippen molar-refractivity contribution in [2.45, 2.75) is 12.8 Å². The molecule has 1 aromatic rings. The van der Waals surface area contributed by atoms with Crippen molar-refractivity contribution in [1.82, 2.24) is 4.90 Å². The zero-order valence-electron chi connectivity index (χ0n) is 10.2. The minimum absolute atomic E-state index is 0.0845. The van der Waals surface area contributed by atoms with Crippen LogP contribution in [0.15, 0.2) is 18.2 Å². The van der Waals surface area contributed by atoms with Crippen LogP contribution >= 0.6 is 23.2 Å². The largest absolute Gasteiger partial charge is 0.369 e. The molecular weight excluding hydrogens is 287 g/mol. The molecule has 0 aromatic heterocycles. The molecule has 6 heteroatoms.